The van der Waals surface area contributed by atoms with E-state index in [9.17, 15) is 18.4 Å². The van der Waals surface area contributed by atoms with Crippen LogP contribution in [-0.2, 0) is 9.59 Å². The van der Waals surface area contributed by atoms with E-state index in [2.05, 4.69) is 11.7 Å². The molecule has 1 aliphatic heterocycles. The van der Waals surface area contributed by atoms with E-state index in [1.54, 1.807) is 34.9 Å². The Morgan fingerprint density at radius 1 is 1.23 bits per heavy atom. The molecule has 6 nitrogen and oxygen atoms in total. The van der Waals surface area contributed by atoms with Crippen LogP contribution in [0.25, 0.3) is 6.08 Å². The molecule has 0 unspecified atom stereocenters. The zero-order valence-electron chi connectivity index (χ0n) is 18.5. The molecule has 0 atom stereocenters. The number of halogens is 2. The Kier molecular flexibility index (Phi) is 9.75. The van der Waals surface area contributed by atoms with Gasteiger partial charge in [-0.2, -0.15) is 8.78 Å². The SMILES string of the molecule is CCCCN(C)C(=O)C1CCN(C(=O)/C=C/c2ccc(OC(F)F)c(OCC)c2)CC1. The van der Waals surface area contributed by atoms with Gasteiger partial charge in [0.1, 0.15) is 0 Å². The van der Waals surface area contributed by atoms with Gasteiger partial charge in [0.2, 0.25) is 11.8 Å². The van der Waals surface area contributed by atoms with Crippen LogP contribution in [0.15, 0.2) is 24.3 Å². The molecule has 172 valence electrons. The number of hydrogen-bond acceptors (Lipinski definition) is 4. The molecule has 1 aliphatic rings. The van der Waals surface area contributed by atoms with E-state index in [0.717, 1.165) is 19.4 Å². The molecule has 1 heterocycles. The molecule has 0 spiro atoms. The first-order valence-electron chi connectivity index (χ1n) is 10.8. The maximum absolute atomic E-state index is 12.5. The summed E-state index contributed by atoms with van der Waals surface area (Å²) >= 11 is 0. The second-order valence-electron chi connectivity index (χ2n) is 7.56. The lowest BCUT2D eigenvalue weighted by molar-refractivity contribution is -0.138. The molecule has 1 saturated heterocycles. The van der Waals surface area contributed by atoms with Crippen molar-refractivity contribution in [3.8, 4) is 11.5 Å². The van der Waals surface area contributed by atoms with Gasteiger partial charge in [0.25, 0.3) is 0 Å². The summed E-state index contributed by atoms with van der Waals surface area (Å²) in [5, 5.41) is 0. The third kappa shape index (κ3) is 7.52. The predicted octanol–water partition coefficient (Wildman–Crippen LogP) is 4.20. The Balaban J connectivity index is 1.92. The van der Waals surface area contributed by atoms with E-state index in [1.165, 1.54) is 12.1 Å². The monoisotopic (exact) mass is 438 g/mol. The number of alkyl halides is 2. The standard InChI is InChI=1S/C23H32F2N2O4/c1-4-6-13-26(3)22(29)18-11-14-27(15-12-18)21(28)10-8-17-7-9-19(31-23(24)25)20(16-17)30-5-2/h7-10,16,18,23H,4-6,11-15H2,1-3H3/b10-8+. The number of piperidine rings is 1. The Morgan fingerprint density at radius 3 is 2.55 bits per heavy atom. The number of unbranched alkanes of at least 4 members (excludes halogenated alkanes) is 1. The van der Waals surface area contributed by atoms with Gasteiger partial charge in [0, 0.05) is 38.7 Å². The van der Waals surface area contributed by atoms with E-state index in [-0.39, 0.29) is 29.2 Å². The average molecular weight is 439 g/mol. The minimum absolute atomic E-state index is 0.0361. The van der Waals surface area contributed by atoms with Crippen LogP contribution < -0.4 is 9.47 Å². The van der Waals surface area contributed by atoms with E-state index in [1.807, 2.05) is 7.05 Å². The number of ether oxygens (including phenoxy) is 2. The van der Waals surface area contributed by atoms with E-state index < -0.39 is 6.61 Å². The van der Waals surface area contributed by atoms with Crippen LogP contribution in [0.4, 0.5) is 8.78 Å². The van der Waals surface area contributed by atoms with Crippen molar-refractivity contribution in [1.82, 2.24) is 9.80 Å². The number of rotatable bonds is 10. The number of carbonyl (C=O) groups is 2. The van der Waals surface area contributed by atoms with Crippen LogP contribution in [-0.4, -0.2) is 61.5 Å². The zero-order chi connectivity index (χ0) is 22.8. The van der Waals surface area contributed by atoms with Gasteiger partial charge < -0.3 is 19.3 Å². The summed E-state index contributed by atoms with van der Waals surface area (Å²) in [6.07, 6.45) is 6.42. The smallest absolute Gasteiger partial charge is 0.387 e. The fourth-order valence-electron chi connectivity index (χ4n) is 3.53. The molecule has 0 saturated carbocycles. The number of carbonyl (C=O) groups excluding carboxylic acids is 2. The maximum atomic E-state index is 12.5. The van der Waals surface area contributed by atoms with E-state index >= 15 is 0 Å². The van der Waals surface area contributed by atoms with Crippen molar-refractivity contribution in [2.24, 2.45) is 5.92 Å². The predicted molar refractivity (Wildman–Crippen MR) is 115 cm³/mol. The van der Waals surface area contributed by atoms with Crippen molar-refractivity contribution in [3.63, 3.8) is 0 Å². The number of nitrogens with zero attached hydrogens (tertiary/aromatic N) is 2. The molecular formula is C23H32F2N2O4. The summed E-state index contributed by atoms with van der Waals surface area (Å²) in [7, 11) is 1.84. The van der Waals surface area contributed by atoms with E-state index in [0.29, 0.717) is 38.1 Å². The van der Waals surface area contributed by atoms with Gasteiger partial charge in [-0.25, -0.2) is 0 Å². The van der Waals surface area contributed by atoms with Crippen LogP contribution in [0.5, 0.6) is 11.5 Å². The zero-order valence-corrected chi connectivity index (χ0v) is 18.5. The first kappa shape index (κ1) is 24.6. The van der Waals surface area contributed by atoms with Crippen molar-refractivity contribution in [2.45, 2.75) is 46.1 Å². The minimum atomic E-state index is -2.94. The molecular weight excluding hydrogens is 406 g/mol. The van der Waals surface area contributed by atoms with Gasteiger partial charge in [-0.15, -0.1) is 0 Å². The normalized spacial score (nSPS) is 14.8. The van der Waals surface area contributed by atoms with Gasteiger partial charge >= 0.3 is 6.61 Å². The molecule has 0 aliphatic carbocycles. The lowest BCUT2D eigenvalue weighted by atomic mass is 9.95. The molecule has 1 aromatic carbocycles. The average Bonchev–Trinajstić information content (AvgIpc) is 2.76. The van der Waals surface area contributed by atoms with Crippen molar-refractivity contribution in [1.29, 1.82) is 0 Å². The fourth-order valence-corrected chi connectivity index (χ4v) is 3.53. The maximum Gasteiger partial charge on any atom is 0.387 e. The molecule has 31 heavy (non-hydrogen) atoms. The fraction of sp³-hybridized carbons (Fsp3) is 0.565. The van der Waals surface area contributed by atoms with E-state index in [4.69, 9.17) is 4.74 Å². The van der Waals surface area contributed by atoms with Gasteiger partial charge in [-0.05, 0) is 50.0 Å². The Morgan fingerprint density at radius 2 is 1.94 bits per heavy atom. The highest BCUT2D eigenvalue weighted by molar-refractivity contribution is 5.92. The third-order valence-corrected chi connectivity index (χ3v) is 5.28. The molecule has 1 fully saturated rings. The highest BCUT2D eigenvalue weighted by Crippen LogP contribution is 2.30. The van der Waals surface area contributed by atoms with Crippen molar-refractivity contribution in [3.05, 3.63) is 29.8 Å². The molecule has 2 amide bonds. The number of likely N-dealkylation sites (tertiary alicyclic amines) is 1. The Bertz CT molecular complexity index is 762. The number of hydrogen-bond donors (Lipinski definition) is 0. The largest absolute Gasteiger partial charge is 0.490 e. The second-order valence-corrected chi connectivity index (χ2v) is 7.56. The van der Waals surface area contributed by atoms with Gasteiger partial charge in [0.15, 0.2) is 11.5 Å². The van der Waals surface area contributed by atoms with Crippen LogP contribution in [0.1, 0.15) is 45.1 Å². The summed E-state index contributed by atoms with van der Waals surface area (Å²) in [5.74, 6) is 0.132. The van der Waals surface area contributed by atoms with Crippen molar-refractivity contribution < 1.29 is 27.8 Å². The van der Waals surface area contributed by atoms with Crippen LogP contribution in [0.2, 0.25) is 0 Å². The topological polar surface area (TPSA) is 59.1 Å². The molecule has 0 aromatic heterocycles. The third-order valence-electron chi connectivity index (χ3n) is 5.28. The summed E-state index contributed by atoms with van der Waals surface area (Å²) in [6.45, 7) is 3.03. The number of amides is 2. The molecule has 0 radical (unpaired) electrons. The van der Waals surface area contributed by atoms with Crippen molar-refractivity contribution >= 4 is 17.9 Å². The molecule has 8 heteroatoms. The molecule has 1 aromatic rings. The van der Waals surface area contributed by atoms with Crippen LogP contribution in [0, 0.1) is 5.92 Å². The van der Waals surface area contributed by atoms with Gasteiger partial charge in [0.05, 0.1) is 6.61 Å². The van der Waals surface area contributed by atoms with Crippen LogP contribution >= 0.6 is 0 Å². The van der Waals surface area contributed by atoms with Gasteiger partial charge in [-0.1, -0.05) is 19.4 Å². The lowest BCUT2D eigenvalue weighted by Gasteiger charge is -2.32. The minimum Gasteiger partial charge on any atom is -0.490 e. The second kappa shape index (κ2) is 12.3. The number of benzene rings is 1. The Hall–Kier alpha value is -2.64. The highest BCUT2D eigenvalue weighted by atomic mass is 19.3. The molecule has 2 rings (SSSR count). The summed E-state index contributed by atoms with van der Waals surface area (Å²) in [6, 6.07) is 4.54. The highest BCUT2D eigenvalue weighted by Gasteiger charge is 2.28. The summed E-state index contributed by atoms with van der Waals surface area (Å²) in [4.78, 5) is 28.6. The lowest BCUT2D eigenvalue weighted by Crippen LogP contribution is -2.43. The summed E-state index contributed by atoms with van der Waals surface area (Å²) in [5.41, 5.74) is 0.640. The van der Waals surface area contributed by atoms with Crippen LogP contribution in [0.3, 0.4) is 0 Å². The molecule has 0 bridgehead atoms. The first-order valence-corrected chi connectivity index (χ1v) is 10.8. The quantitative estimate of drug-likeness (QED) is 0.514. The summed E-state index contributed by atoms with van der Waals surface area (Å²) < 4.78 is 34.8. The van der Waals surface area contributed by atoms with Gasteiger partial charge in [-0.3, -0.25) is 9.59 Å². The van der Waals surface area contributed by atoms with Crippen molar-refractivity contribution in [2.75, 3.05) is 33.3 Å². The molecule has 0 N–H and O–H groups in total. The Labute approximate surface area is 182 Å². The first-order chi connectivity index (χ1) is 14.8.